The Labute approximate surface area is 352 Å². The molecule has 0 radical (unpaired) electrons. The maximum atomic E-state index is 12.8. The Morgan fingerprint density at radius 3 is 1.83 bits per heavy atom. The molecule has 0 saturated carbocycles. The van der Waals surface area contributed by atoms with Crippen LogP contribution in [-0.4, -0.2) is 80.4 Å². The molecule has 6 N–H and O–H groups in total. The number of ether oxygens (including phenoxy) is 2. The summed E-state index contributed by atoms with van der Waals surface area (Å²) in [4.78, 5) is 54.6. The number of unbranched alkanes of at least 4 members (excludes halogenated alkanes) is 8. The third-order valence-electron chi connectivity index (χ3n) is 8.38. The molecular formula is C44H72NO11PS. The molecule has 0 heterocycles. The average Bonchev–Trinajstić information content (AvgIpc) is 3.18. The van der Waals surface area contributed by atoms with Crippen LogP contribution in [0, 0.1) is 0 Å². The van der Waals surface area contributed by atoms with E-state index in [2.05, 4.69) is 67.0 Å². The van der Waals surface area contributed by atoms with Crippen LogP contribution in [0.4, 0.5) is 0 Å². The van der Waals surface area contributed by atoms with Gasteiger partial charge in [0.25, 0.3) is 0 Å². The fourth-order valence-corrected chi connectivity index (χ4v) is 6.60. The molecule has 58 heavy (non-hydrogen) atoms. The Balaban J connectivity index is 4.96. The van der Waals surface area contributed by atoms with Crippen LogP contribution in [0.3, 0.4) is 0 Å². The fourth-order valence-electron chi connectivity index (χ4n) is 5.11. The normalized spacial score (nSPS) is 14.9. The predicted octanol–water partition coefficient (Wildman–Crippen LogP) is 9.38. The van der Waals surface area contributed by atoms with Crippen molar-refractivity contribution >= 4 is 37.5 Å². The summed E-state index contributed by atoms with van der Waals surface area (Å²) in [5.41, 5.74) is 6.09. The zero-order valence-electron chi connectivity index (χ0n) is 34.8. The van der Waals surface area contributed by atoms with E-state index in [0.717, 1.165) is 44.9 Å². The number of esters is 2. The SMILES string of the molecule is CCCCC/C=C\C\C=C/C=C/C=C/[C@@H](SC[C@H](N)C(=O)OC[C@H](COP(=O)(O)O)OC(=O)CCCC/C=C\C/C=C\C/C=C\CCCCC)[C@@H](O)CCCC(=O)O. The van der Waals surface area contributed by atoms with E-state index in [1.165, 1.54) is 50.3 Å². The standard InChI is InChI=1S/C44H72NO11PS/c1-3-5-7-9-11-13-15-17-18-19-21-23-25-27-29-34-43(49)56-38(36-55-57(51,52)53)35-54-44(50)39(45)37-58-41(40(46)31-30-33-42(47)48)32-28-26-24-22-20-16-14-12-10-8-6-4-2/h11-14,17-18,20-24,26,28,32,38-41,46H,3-10,15-16,19,25,27,29-31,33-37,45H2,1-2H3,(H,47,48)(H2,51,52,53)/b13-11-,14-12-,18-17-,22-20-,23-21-,26-24+,32-28+/t38-,39+,40+,41-/m1/s1. The number of phosphoric acid groups is 1. The van der Waals surface area contributed by atoms with Gasteiger partial charge >= 0.3 is 25.7 Å². The lowest BCUT2D eigenvalue weighted by molar-refractivity contribution is -0.161. The summed E-state index contributed by atoms with van der Waals surface area (Å²) in [6, 6.07) is -1.15. The molecule has 0 amide bonds. The van der Waals surface area contributed by atoms with Crippen molar-refractivity contribution in [3.05, 3.63) is 85.1 Å². The molecule has 0 saturated heterocycles. The lowest BCUT2D eigenvalue weighted by atomic mass is 10.1. The molecule has 0 aliphatic carbocycles. The van der Waals surface area contributed by atoms with E-state index in [0.29, 0.717) is 6.42 Å². The Morgan fingerprint density at radius 1 is 0.707 bits per heavy atom. The van der Waals surface area contributed by atoms with E-state index in [1.54, 1.807) is 12.2 Å². The molecule has 0 aromatic rings. The summed E-state index contributed by atoms with van der Waals surface area (Å²) in [6.07, 6.45) is 40.7. The first-order valence-electron chi connectivity index (χ1n) is 20.8. The second-order valence-electron chi connectivity index (χ2n) is 13.8. The molecule has 4 atom stereocenters. The minimum absolute atomic E-state index is 0.0305. The van der Waals surface area contributed by atoms with Crippen molar-refractivity contribution < 1.29 is 52.9 Å². The molecule has 0 aromatic carbocycles. The van der Waals surface area contributed by atoms with Gasteiger partial charge in [-0.15, -0.1) is 11.8 Å². The molecule has 0 fully saturated rings. The third kappa shape index (κ3) is 37.3. The molecule has 0 aliphatic heterocycles. The molecule has 330 valence electrons. The summed E-state index contributed by atoms with van der Waals surface area (Å²) in [6.45, 7) is 3.13. The minimum atomic E-state index is -4.90. The maximum Gasteiger partial charge on any atom is 0.469 e. The van der Waals surface area contributed by atoms with Gasteiger partial charge in [-0.25, -0.2) is 4.57 Å². The number of allylic oxidation sites excluding steroid dienone is 13. The predicted molar refractivity (Wildman–Crippen MR) is 235 cm³/mol. The molecule has 0 bridgehead atoms. The number of aliphatic carboxylic acids is 1. The molecular weight excluding hydrogens is 782 g/mol. The van der Waals surface area contributed by atoms with Gasteiger partial charge in [0.15, 0.2) is 6.10 Å². The fraction of sp³-hybridized carbons (Fsp3) is 0.614. The summed E-state index contributed by atoms with van der Waals surface area (Å²) < 4.78 is 26.4. The van der Waals surface area contributed by atoms with Crippen LogP contribution < -0.4 is 5.73 Å². The van der Waals surface area contributed by atoms with Crippen molar-refractivity contribution in [2.45, 2.75) is 153 Å². The number of carbonyl (C=O) groups is 3. The zero-order valence-corrected chi connectivity index (χ0v) is 36.5. The number of hydrogen-bond donors (Lipinski definition) is 5. The maximum absolute atomic E-state index is 12.8. The topological polar surface area (TPSA) is 203 Å². The molecule has 12 nitrogen and oxygen atoms in total. The summed E-state index contributed by atoms with van der Waals surface area (Å²) in [5, 5.41) is 19.3. The van der Waals surface area contributed by atoms with E-state index < -0.39 is 62.4 Å². The van der Waals surface area contributed by atoms with Crippen LogP contribution in [0.5, 0.6) is 0 Å². The second-order valence-corrected chi connectivity index (χ2v) is 16.3. The molecule has 0 rings (SSSR count). The quantitative estimate of drug-likeness (QED) is 0.0130. The van der Waals surface area contributed by atoms with Crippen LogP contribution in [0.1, 0.15) is 129 Å². The van der Waals surface area contributed by atoms with Gasteiger partial charge < -0.3 is 35.2 Å². The van der Waals surface area contributed by atoms with E-state index in [1.807, 2.05) is 24.3 Å². The van der Waals surface area contributed by atoms with E-state index >= 15 is 0 Å². The molecule has 14 heteroatoms. The number of hydrogen-bond acceptors (Lipinski definition) is 10. The van der Waals surface area contributed by atoms with Crippen LogP contribution in [-0.2, 0) is 32.9 Å². The number of phosphoric ester groups is 1. The highest BCUT2D eigenvalue weighted by Crippen LogP contribution is 2.36. The number of carboxylic acids is 1. The number of nitrogens with two attached hydrogens (primary N) is 1. The van der Waals surface area contributed by atoms with E-state index in [4.69, 9.17) is 20.3 Å². The van der Waals surface area contributed by atoms with E-state index in [-0.39, 0.29) is 31.4 Å². The first-order valence-corrected chi connectivity index (χ1v) is 23.4. The molecule has 0 spiro atoms. The molecule has 0 unspecified atom stereocenters. The lowest BCUT2D eigenvalue weighted by Crippen LogP contribution is -2.38. The highest BCUT2D eigenvalue weighted by molar-refractivity contribution is 8.00. The van der Waals surface area contributed by atoms with Gasteiger partial charge in [-0.2, -0.15) is 0 Å². The Morgan fingerprint density at radius 2 is 1.26 bits per heavy atom. The highest BCUT2D eigenvalue weighted by Gasteiger charge is 2.26. The van der Waals surface area contributed by atoms with Gasteiger partial charge in [0, 0.05) is 23.8 Å². The van der Waals surface area contributed by atoms with Crippen LogP contribution in [0.25, 0.3) is 0 Å². The number of thioether (sulfide) groups is 1. The minimum Gasteiger partial charge on any atom is -0.481 e. The first kappa shape index (κ1) is 55.0. The van der Waals surface area contributed by atoms with Crippen molar-refractivity contribution in [2.75, 3.05) is 19.0 Å². The van der Waals surface area contributed by atoms with Gasteiger partial charge in [-0.05, 0) is 77.0 Å². The average molecular weight is 854 g/mol. The second kappa shape index (κ2) is 38.2. The number of carboxylic acid groups (broad SMARTS) is 1. The number of aliphatic hydroxyl groups excluding tert-OH is 1. The van der Waals surface area contributed by atoms with Crippen molar-refractivity contribution in [1.82, 2.24) is 0 Å². The van der Waals surface area contributed by atoms with Crippen LogP contribution in [0.15, 0.2) is 85.1 Å². The van der Waals surface area contributed by atoms with Gasteiger partial charge in [0.2, 0.25) is 0 Å². The van der Waals surface area contributed by atoms with Crippen molar-refractivity contribution in [3.63, 3.8) is 0 Å². The Bertz CT molecular complexity index is 1340. The van der Waals surface area contributed by atoms with Crippen LogP contribution in [0.2, 0.25) is 0 Å². The highest BCUT2D eigenvalue weighted by atomic mass is 32.2. The van der Waals surface area contributed by atoms with Crippen LogP contribution >= 0.6 is 19.6 Å². The number of carbonyl (C=O) groups excluding carboxylic acids is 2. The largest absolute Gasteiger partial charge is 0.481 e. The number of rotatable bonds is 37. The summed E-state index contributed by atoms with van der Waals surface area (Å²) in [5.74, 6) is -2.41. The zero-order chi connectivity index (χ0) is 43.1. The number of aliphatic hydroxyl groups is 1. The smallest absolute Gasteiger partial charge is 0.469 e. The Kier molecular flexibility index (Phi) is 36.2. The Hall–Kier alpha value is -3.03. The van der Waals surface area contributed by atoms with E-state index in [9.17, 15) is 33.8 Å². The van der Waals surface area contributed by atoms with Crippen molar-refractivity contribution in [3.8, 4) is 0 Å². The summed E-state index contributed by atoms with van der Waals surface area (Å²) >= 11 is 1.20. The molecule has 0 aliphatic rings. The molecule has 0 aromatic heterocycles. The van der Waals surface area contributed by atoms with Gasteiger partial charge in [0.1, 0.15) is 12.6 Å². The first-order chi connectivity index (χ1) is 27.9. The van der Waals surface area contributed by atoms with Gasteiger partial charge in [0.05, 0.1) is 12.7 Å². The van der Waals surface area contributed by atoms with Crippen molar-refractivity contribution in [1.29, 1.82) is 0 Å². The van der Waals surface area contributed by atoms with Gasteiger partial charge in [-0.1, -0.05) is 125 Å². The van der Waals surface area contributed by atoms with Crippen molar-refractivity contribution in [2.24, 2.45) is 5.73 Å². The monoisotopic (exact) mass is 853 g/mol. The van der Waals surface area contributed by atoms with Gasteiger partial charge in [-0.3, -0.25) is 18.9 Å². The lowest BCUT2D eigenvalue weighted by Gasteiger charge is -2.22. The third-order valence-corrected chi connectivity index (χ3v) is 10.3. The summed E-state index contributed by atoms with van der Waals surface area (Å²) in [7, 11) is -4.90.